The van der Waals surface area contributed by atoms with Gasteiger partial charge in [0, 0.05) is 6.42 Å². The summed E-state index contributed by atoms with van der Waals surface area (Å²) in [6.07, 6.45) is 2.25. The van der Waals surface area contributed by atoms with Gasteiger partial charge in [-0.25, -0.2) is 4.79 Å². The number of carbonyl (C=O) groups is 2. The molecule has 0 amide bonds. The van der Waals surface area contributed by atoms with Crippen LogP contribution < -0.4 is 0 Å². The average Bonchev–Trinajstić information content (AvgIpc) is 2.03. The molecule has 0 rings (SSSR count). The van der Waals surface area contributed by atoms with Crippen LogP contribution in [0.3, 0.4) is 0 Å². The van der Waals surface area contributed by atoms with Gasteiger partial charge in [-0.1, -0.05) is 6.92 Å². The number of hydrogen-bond acceptors (Lipinski definition) is 4. The van der Waals surface area contributed by atoms with E-state index in [2.05, 4.69) is 4.74 Å². The first-order valence-electron chi connectivity index (χ1n) is 4.65. The van der Waals surface area contributed by atoms with Gasteiger partial charge < -0.3 is 9.47 Å². The molecule has 0 atom stereocenters. The highest BCUT2D eigenvalue weighted by Gasteiger charge is 2.04. The van der Waals surface area contributed by atoms with Crippen molar-refractivity contribution in [2.75, 3.05) is 6.61 Å². The van der Waals surface area contributed by atoms with E-state index in [0.29, 0.717) is 13.0 Å². The lowest BCUT2D eigenvalue weighted by molar-refractivity contribution is -0.140. The Hall–Kier alpha value is -1.32. The number of carbonyl (C=O) groups excluding carboxylic acids is 2. The molecule has 14 heavy (non-hydrogen) atoms. The maximum Gasteiger partial charge on any atom is 0.334 e. The normalized spacial score (nSPS) is 10.9. The van der Waals surface area contributed by atoms with Crippen molar-refractivity contribution in [1.29, 1.82) is 0 Å². The van der Waals surface area contributed by atoms with Gasteiger partial charge >= 0.3 is 11.9 Å². The second kappa shape index (κ2) is 7.12. The van der Waals surface area contributed by atoms with Gasteiger partial charge in [0.15, 0.2) is 0 Å². The summed E-state index contributed by atoms with van der Waals surface area (Å²) in [6.45, 7) is 5.45. The van der Waals surface area contributed by atoms with E-state index in [1.807, 2.05) is 6.92 Å². The van der Waals surface area contributed by atoms with Gasteiger partial charge in [0.25, 0.3) is 0 Å². The maximum absolute atomic E-state index is 11.0. The molecule has 0 spiro atoms. The largest absolute Gasteiger partial charge is 0.463 e. The van der Waals surface area contributed by atoms with Crippen LogP contribution in [-0.4, -0.2) is 18.5 Å². The minimum Gasteiger partial charge on any atom is -0.463 e. The van der Waals surface area contributed by atoms with Crippen LogP contribution in [0.25, 0.3) is 0 Å². The summed E-state index contributed by atoms with van der Waals surface area (Å²) in [5.41, 5.74) is 0. The monoisotopic (exact) mass is 200 g/mol. The molecule has 0 N–H and O–H groups in total. The van der Waals surface area contributed by atoms with Crippen molar-refractivity contribution < 1.29 is 19.1 Å². The molecule has 0 saturated carbocycles. The third-order valence-electron chi connectivity index (χ3n) is 1.34. The van der Waals surface area contributed by atoms with Gasteiger partial charge in [-0.15, -0.1) is 0 Å². The quantitative estimate of drug-likeness (QED) is 0.386. The summed E-state index contributed by atoms with van der Waals surface area (Å²) < 4.78 is 9.48. The zero-order chi connectivity index (χ0) is 11.0. The van der Waals surface area contributed by atoms with Crippen molar-refractivity contribution in [2.45, 2.75) is 33.6 Å². The molecular weight excluding hydrogens is 184 g/mol. The van der Waals surface area contributed by atoms with Crippen LogP contribution in [0.2, 0.25) is 0 Å². The van der Waals surface area contributed by atoms with E-state index in [-0.39, 0.29) is 11.7 Å². The minimum absolute atomic E-state index is 0.266. The molecule has 0 bridgehead atoms. The number of ether oxygens (including phenoxy) is 2. The van der Waals surface area contributed by atoms with Crippen molar-refractivity contribution >= 4 is 11.9 Å². The zero-order valence-corrected chi connectivity index (χ0v) is 8.83. The summed E-state index contributed by atoms with van der Waals surface area (Å²) in [7, 11) is 0. The van der Waals surface area contributed by atoms with Crippen LogP contribution in [0.4, 0.5) is 0 Å². The molecule has 0 radical (unpaired) electrons. The molecule has 0 saturated heterocycles. The second-order valence-electron chi connectivity index (χ2n) is 2.73. The predicted octanol–water partition coefficient (Wildman–Crippen LogP) is 1.80. The highest BCUT2D eigenvalue weighted by molar-refractivity contribution is 5.83. The Kier molecular flexibility index (Phi) is 6.45. The fourth-order valence-electron chi connectivity index (χ4n) is 0.814. The van der Waals surface area contributed by atoms with E-state index in [4.69, 9.17) is 4.74 Å². The summed E-state index contributed by atoms with van der Waals surface area (Å²) in [6, 6.07) is 0. The third kappa shape index (κ3) is 6.22. The van der Waals surface area contributed by atoms with Crippen molar-refractivity contribution in [3.63, 3.8) is 0 Å². The molecule has 80 valence electrons. The lowest BCUT2D eigenvalue weighted by atomic mass is 10.3. The lowest BCUT2D eigenvalue weighted by Crippen LogP contribution is -2.05. The Labute approximate surface area is 83.9 Å². The molecular formula is C10H16O4. The fraction of sp³-hybridized carbons (Fsp3) is 0.600. The van der Waals surface area contributed by atoms with E-state index in [1.165, 1.54) is 0 Å². The standard InChI is InChI=1S/C10H16O4/c1-4-6-9(11)14-8(3)7-10(12)13-5-2/h7H,4-6H2,1-3H3/b8-7+. The molecule has 0 heterocycles. The highest BCUT2D eigenvalue weighted by atomic mass is 16.5. The summed E-state index contributed by atoms with van der Waals surface area (Å²) >= 11 is 0. The molecule has 4 nitrogen and oxygen atoms in total. The topological polar surface area (TPSA) is 52.6 Å². The predicted molar refractivity (Wildman–Crippen MR) is 51.4 cm³/mol. The Morgan fingerprint density at radius 2 is 1.93 bits per heavy atom. The molecule has 0 aliphatic rings. The molecule has 0 aliphatic carbocycles. The van der Waals surface area contributed by atoms with E-state index >= 15 is 0 Å². The number of esters is 2. The molecule has 0 unspecified atom stereocenters. The molecule has 0 aliphatic heterocycles. The Balaban J connectivity index is 3.99. The van der Waals surface area contributed by atoms with Crippen molar-refractivity contribution in [3.05, 3.63) is 11.8 Å². The highest BCUT2D eigenvalue weighted by Crippen LogP contribution is 2.00. The number of hydrogen-bond donors (Lipinski definition) is 0. The van der Waals surface area contributed by atoms with Crippen molar-refractivity contribution in [1.82, 2.24) is 0 Å². The maximum atomic E-state index is 11.0. The molecule has 4 heteroatoms. The molecule has 0 fully saturated rings. The van der Waals surface area contributed by atoms with Gasteiger partial charge in [0.2, 0.25) is 0 Å². The Morgan fingerprint density at radius 1 is 1.29 bits per heavy atom. The molecule has 0 aromatic rings. The van der Waals surface area contributed by atoms with Crippen LogP contribution >= 0.6 is 0 Å². The zero-order valence-electron chi connectivity index (χ0n) is 8.83. The summed E-state index contributed by atoms with van der Waals surface area (Å²) in [5, 5.41) is 0. The Morgan fingerprint density at radius 3 is 2.43 bits per heavy atom. The van der Waals surface area contributed by atoms with Gasteiger partial charge in [-0.2, -0.15) is 0 Å². The first-order valence-corrected chi connectivity index (χ1v) is 4.65. The van der Waals surface area contributed by atoms with E-state index in [9.17, 15) is 9.59 Å². The number of rotatable bonds is 5. The summed E-state index contributed by atoms with van der Waals surface area (Å²) in [4.78, 5) is 21.9. The average molecular weight is 200 g/mol. The van der Waals surface area contributed by atoms with Crippen LogP contribution in [-0.2, 0) is 19.1 Å². The fourth-order valence-corrected chi connectivity index (χ4v) is 0.814. The third-order valence-corrected chi connectivity index (χ3v) is 1.34. The minimum atomic E-state index is -0.491. The van der Waals surface area contributed by atoms with Crippen LogP contribution in [0, 0.1) is 0 Å². The smallest absolute Gasteiger partial charge is 0.334 e. The van der Waals surface area contributed by atoms with Crippen LogP contribution in [0.1, 0.15) is 33.6 Å². The van der Waals surface area contributed by atoms with Crippen molar-refractivity contribution in [2.24, 2.45) is 0 Å². The van der Waals surface area contributed by atoms with Gasteiger partial charge in [-0.3, -0.25) is 4.79 Å². The second-order valence-corrected chi connectivity index (χ2v) is 2.73. The first-order chi connectivity index (χ1) is 6.60. The first kappa shape index (κ1) is 12.7. The van der Waals surface area contributed by atoms with Gasteiger partial charge in [-0.05, 0) is 20.3 Å². The molecule has 0 aromatic carbocycles. The van der Waals surface area contributed by atoms with Crippen molar-refractivity contribution in [3.8, 4) is 0 Å². The lowest BCUT2D eigenvalue weighted by Gasteiger charge is -2.02. The Bertz CT molecular complexity index is 230. The van der Waals surface area contributed by atoms with Gasteiger partial charge in [0.05, 0.1) is 12.7 Å². The van der Waals surface area contributed by atoms with Crippen LogP contribution in [0.15, 0.2) is 11.8 Å². The van der Waals surface area contributed by atoms with E-state index < -0.39 is 5.97 Å². The van der Waals surface area contributed by atoms with E-state index in [0.717, 1.165) is 12.5 Å². The molecule has 0 aromatic heterocycles. The SMILES string of the molecule is CCCC(=O)O/C(C)=C/C(=O)OCC. The summed E-state index contributed by atoms with van der Waals surface area (Å²) in [5.74, 6) is -0.554. The van der Waals surface area contributed by atoms with Crippen LogP contribution in [0.5, 0.6) is 0 Å². The van der Waals surface area contributed by atoms with Gasteiger partial charge in [0.1, 0.15) is 5.76 Å². The number of allylic oxidation sites excluding steroid dienone is 1. The van der Waals surface area contributed by atoms with E-state index in [1.54, 1.807) is 13.8 Å².